The average molecular weight is 224 g/mol. The van der Waals surface area contributed by atoms with Gasteiger partial charge in [-0.05, 0) is 6.42 Å². The van der Waals surface area contributed by atoms with Crippen molar-refractivity contribution in [2.45, 2.75) is 20.0 Å². The third-order valence-electron chi connectivity index (χ3n) is 2.18. The number of hydrogen-bond acceptors (Lipinski definition) is 4. The number of nitrogens with zero attached hydrogens (tertiary/aromatic N) is 1. The Hall–Kier alpha value is -1.62. The highest BCUT2D eigenvalue weighted by Crippen LogP contribution is 2.28. The zero-order chi connectivity index (χ0) is 12.0. The summed E-state index contributed by atoms with van der Waals surface area (Å²) in [6.07, 6.45) is 0.934. The molecular formula is C11H16N2O3. The summed E-state index contributed by atoms with van der Waals surface area (Å²) in [5, 5.41) is 13.6. The molecular weight excluding hydrogens is 208 g/mol. The SMILES string of the molecule is CCCOCc1cccc([N+](=O)[O-])c1NC. The average Bonchev–Trinajstić information content (AvgIpc) is 2.29. The number of nitrogens with one attached hydrogen (secondary N) is 1. The van der Waals surface area contributed by atoms with Crippen LogP contribution in [0.25, 0.3) is 0 Å². The molecule has 0 unspecified atom stereocenters. The lowest BCUT2D eigenvalue weighted by Gasteiger charge is -2.09. The van der Waals surface area contributed by atoms with Gasteiger partial charge in [-0.3, -0.25) is 10.1 Å². The first-order valence-corrected chi connectivity index (χ1v) is 5.22. The summed E-state index contributed by atoms with van der Waals surface area (Å²) < 4.78 is 5.38. The number of rotatable bonds is 6. The van der Waals surface area contributed by atoms with E-state index in [1.165, 1.54) is 6.07 Å². The van der Waals surface area contributed by atoms with Gasteiger partial charge in [0.25, 0.3) is 5.69 Å². The molecule has 0 aliphatic rings. The Kier molecular flexibility index (Phi) is 4.72. The van der Waals surface area contributed by atoms with Gasteiger partial charge in [0.15, 0.2) is 0 Å². The van der Waals surface area contributed by atoms with E-state index in [0.717, 1.165) is 12.0 Å². The summed E-state index contributed by atoms with van der Waals surface area (Å²) in [4.78, 5) is 10.4. The van der Waals surface area contributed by atoms with Gasteiger partial charge in [-0.25, -0.2) is 0 Å². The maximum Gasteiger partial charge on any atom is 0.292 e. The van der Waals surface area contributed by atoms with Crippen LogP contribution in [0.4, 0.5) is 11.4 Å². The molecule has 1 rings (SSSR count). The van der Waals surface area contributed by atoms with E-state index in [1.807, 2.05) is 13.0 Å². The smallest absolute Gasteiger partial charge is 0.292 e. The van der Waals surface area contributed by atoms with Crippen molar-refractivity contribution in [2.24, 2.45) is 0 Å². The van der Waals surface area contributed by atoms with Crippen LogP contribution in [-0.4, -0.2) is 18.6 Å². The highest BCUT2D eigenvalue weighted by molar-refractivity contribution is 5.65. The first kappa shape index (κ1) is 12.4. The number of hydrogen-bond donors (Lipinski definition) is 1. The molecule has 0 radical (unpaired) electrons. The highest BCUT2D eigenvalue weighted by atomic mass is 16.6. The van der Waals surface area contributed by atoms with E-state index in [4.69, 9.17) is 4.74 Å². The van der Waals surface area contributed by atoms with Crippen molar-refractivity contribution >= 4 is 11.4 Å². The quantitative estimate of drug-likeness (QED) is 0.458. The van der Waals surface area contributed by atoms with Gasteiger partial charge < -0.3 is 10.1 Å². The molecule has 0 aliphatic carbocycles. The van der Waals surface area contributed by atoms with E-state index in [2.05, 4.69) is 5.32 Å². The predicted molar refractivity (Wildman–Crippen MR) is 62.6 cm³/mol. The lowest BCUT2D eigenvalue weighted by molar-refractivity contribution is -0.384. The number of ether oxygens (including phenoxy) is 1. The fourth-order valence-corrected chi connectivity index (χ4v) is 1.47. The molecule has 1 aromatic rings. The minimum absolute atomic E-state index is 0.0834. The minimum Gasteiger partial charge on any atom is -0.382 e. The second-order valence-corrected chi connectivity index (χ2v) is 3.37. The molecule has 0 fully saturated rings. The van der Waals surface area contributed by atoms with E-state index >= 15 is 0 Å². The van der Waals surface area contributed by atoms with Crippen LogP contribution in [0.15, 0.2) is 18.2 Å². The Morgan fingerprint density at radius 3 is 2.81 bits per heavy atom. The Balaban J connectivity index is 2.90. The van der Waals surface area contributed by atoms with Crippen molar-refractivity contribution in [1.82, 2.24) is 0 Å². The van der Waals surface area contributed by atoms with Crippen LogP contribution in [0.5, 0.6) is 0 Å². The maximum atomic E-state index is 10.8. The Morgan fingerprint density at radius 1 is 1.50 bits per heavy atom. The molecule has 0 saturated carbocycles. The van der Waals surface area contributed by atoms with Crippen molar-refractivity contribution in [1.29, 1.82) is 0 Å². The lowest BCUT2D eigenvalue weighted by atomic mass is 10.1. The van der Waals surface area contributed by atoms with Crippen molar-refractivity contribution in [2.75, 3.05) is 19.0 Å². The second kappa shape index (κ2) is 6.07. The van der Waals surface area contributed by atoms with Crippen LogP contribution < -0.4 is 5.32 Å². The first-order chi connectivity index (χ1) is 7.70. The molecule has 0 aromatic heterocycles. The second-order valence-electron chi connectivity index (χ2n) is 3.37. The van der Waals surface area contributed by atoms with Gasteiger partial charge in [0.05, 0.1) is 11.5 Å². The van der Waals surface area contributed by atoms with Crippen LogP contribution in [-0.2, 0) is 11.3 Å². The van der Waals surface area contributed by atoms with Gasteiger partial charge >= 0.3 is 0 Å². The van der Waals surface area contributed by atoms with Crippen molar-refractivity contribution < 1.29 is 9.66 Å². The van der Waals surface area contributed by atoms with Crippen LogP contribution in [0.3, 0.4) is 0 Å². The molecule has 0 spiro atoms. The topological polar surface area (TPSA) is 64.4 Å². The molecule has 1 N–H and O–H groups in total. The normalized spacial score (nSPS) is 10.1. The van der Waals surface area contributed by atoms with Crippen LogP contribution >= 0.6 is 0 Å². The molecule has 1 aromatic carbocycles. The van der Waals surface area contributed by atoms with E-state index in [9.17, 15) is 10.1 Å². The van der Waals surface area contributed by atoms with Gasteiger partial charge in [-0.1, -0.05) is 19.1 Å². The zero-order valence-corrected chi connectivity index (χ0v) is 9.53. The molecule has 5 nitrogen and oxygen atoms in total. The van der Waals surface area contributed by atoms with Gasteiger partial charge in [0.1, 0.15) is 5.69 Å². The Bertz CT molecular complexity index is 366. The number of anilines is 1. The van der Waals surface area contributed by atoms with Crippen molar-refractivity contribution in [3.05, 3.63) is 33.9 Å². The predicted octanol–water partition coefficient (Wildman–Crippen LogP) is 2.56. The summed E-state index contributed by atoms with van der Waals surface area (Å²) in [5.74, 6) is 0. The maximum absolute atomic E-state index is 10.8. The number of para-hydroxylation sites is 1. The fourth-order valence-electron chi connectivity index (χ4n) is 1.47. The highest BCUT2D eigenvalue weighted by Gasteiger charge is 2.15. The van der Waals surface area contributed by atoms with E-state index in [-0.39, 0.29) is 5.69 Å². The number of benzene rings is 1. The van der Waals surface area contributed by atoms with E-state index in [0.29, 0.717) is 18.9 Å². The van der Waals surface area contributed by atoms with Gasteiger partial charge in [0, 0.05) is 25.3 Å². The standard InChI is InChI=1S/C11H16N2O3/c1-3-7-16-8-9-5-4-6-10(13(14)15)11(9)12-2/h4-6,12H,3,7-8H2,1-2H3. The van der Waals surface area contributed by atoms with Gasteiger partial charge in [0.2, 0.25) is 0 Å². The van der Waals surface area contributed by atoms with Gasteiger partial charge in [-0.15, -0.1) is 0 Å². The summed E-state index contributed by atoms with van der Waals surface area (Å²) in [5.41, 5.74) is 1.42. The Labute approximate surface area is 94.6 Å². The van der Waals surface area contributed by atoms with E-state index < -0.39 is 4.92 Å². The summed E-state index contributed by atoms with van der Waals surface area (Å²) >= 11 is 0. The van der Waals surface area contributed by atoms with Crippen molar-refractivity contribution in [3.63, 3.8) is 0 Å². The lowest BCUT2D eigenvalue weighted by Crippen LogP contribution is -2.03. The molecule has 0 atom stereocenters. The molecule has 88 valence electrons. The molecule has 0 aliphatic heterocycles. The molecule has 0 bridgehead atoms. The van der Waals surface area contributed by atoms with Crippen LogP contribution in [0.1, 0.15) is 18.9 Å². The third kappa shape index (κ3) is 2.93. The molecule has 0 amide bonds. The number of nitro benzene ring substituents is 1. The third-order valence-corrected chi connectivity index (χ3v) is 2.18. The molecule has 16 heavy (non-hydrogen) atoms. The summed E-state index contributed by atoms with van der Waals surface area (Å²) in [6.45, 7) is 3.07. The van der Waals surface area contributed by atoms with E-state index in [1.54, 1.807) is 13.1 Å². The first-order valence-electron chi connectivity index (χ1n) is 5.22. The largest absolute Gasteiger partial charge is 0.382 e. The van der Waals surface area contributed by atoms with Gasteiger partial charge in [-0.2, -0.15) is 0 Å². The van der Waals surface area contributed by atoms with Crippen molar-refractivity contribution in [3.8, 4) is 0 Å². The molecule has 0 saturated heterocycles. The summed E-state index contributed by atoms with van der Waals surface area (Å²) in [7, 11) is 1.67. The van der Waals surface area contributed by atoms with Crippen LogP contribution in [0.2, 0.25) is 0 Å². The Morgan fingerprint density at radius 2 is 2.25 bits per heavy atom. The monoisotopic (exact) mass is 224 g/mol. The fraction of sp³-hybridized carbons (Fsp3) is 0.455. The van der Waals surface area contributed by atoms with Crippen LogP contribution in [0, 0.1) is 10.1 Å². The molecule has 5 heteroatoms. The minimum atomic E-state index is -0.394. The zero-order valence-electron chi connectivity index (χ0n) is 9.53. The molecule has 0 heterocycles. The number of nitro groups is 1. The summed E-state index contributed by atoms with van der Waals surface area (Å²) in [6, 6.07) is 4.98.